The van der Waals surface area contributed by atoms with Gasteiger partial charge in [0.1, 0.15) is 0 Å². The second-order valence-electron chi connectivity index (χ2n) is 6.85. The molecule has 0 amide bonds. The van der Waals surface area contributed by atoms with E-state index in [2.05, 4.69) is 104 Å². The number of nitrogens with one attached hydrogen (secondary N) is 1. The number of aryl methyl sites for hydroxylation is 1. The molecule has 0 fully saturated rings. The molecule has 132 valence electrons. The van der Waals surface area contributed by atoms with E-state index in [9.17, 15) is 0 Å². The summed E-state index contributed by atoms with van der Waals surface area (Å²) in [5.74, 6) is 0. The van der Waals surface area contributed by atoms with Gasteiger partial charge in [-0.2, -0.15) is 0 Å². The summed E-state index contributed by atoms with van der Waals surface area (Å²) in [5, 5.41) is 3.52. The molecule has 0 unspecified atom stereocenters. The fourth-order valence-electron chi connectivity index (χ4n) is 3.02. The molecule has 3 aromatic rings. The lowest BCUT2D eigenvalue weighted by Gasteiger charge is -2.09. The van der Waals surface area contributed by atoms with Crippen LogP contribution in [0.15, 0.2) is 90.6 Å². The van der Waals surface area contributed by atoms with Crippen molar-refractivity contribution >= 4 is 0 Å². The third-order valence-corrected chi connectivity index (χ3v) is 4.73. The second kappa shape index (κ2) is 9.05. The average molecular weight is 341 g/mol. The summed E-state index contributed by atoms with van der Waals surface area (Å²) in [6.45, 7) is 5.17. The minimum absolute atomic E-state index is 0.863. The third-order valence-electron chi connectivity index (χ3n) is 4.73. The summed E-state index contributed by atoms with van der Waals surface area (Å²) in [6.07, 6.45) is 4.23. The van der Waals surface area contributed by atoms with Crippen molar-refractivity contribution in [2.45, 2.75) is 33.2 Å². The molecule has 1 nitrogen and oxygen atoms in total. The topological polar surface area (TPSA) is 12.0 Å². The molecule has 3 rings (SSSR count). The Bertz CT molecular complexity index is 845. The van der Waals surface area contributed by atoms with Gasteiger partial charge in [-0.1, -0.05) is 84.9 Å². The molecule has 0 aliphatic rings. The van der Waals surface area contributed by atoms with Crippen LogP contribution in [0.2, 0.25) is 0 Å². The molecule has 0 spiro atoms. The Morgan fingerprint density at radius 2 is 1.38 bits per heavy atom. The third kappa shape index (κ3) is 5.35. The standard InChI is InChI=1S/C25H27N/c1-20-8-6-7-11-25(20)17-12-21(2)26-19-24-15-13-23(14-16-24)18-22-9-4-3-5-10-22/h3-16,26H,17-19H2,1-2H3/b21-12+. The van der Waals surface area contributed by atoms with Crippen molar-refractivity contribution in [2.75, 3.05) is 0 Å². The van der Waals surface area contributed by atoms with Crippen molar-refractivity contribution in [3.8, 4) is 0 Å². The van der Waals surface area contributed by atoms with Gasteiger partial charge in [-0.15, -0.1) is 0 Å². The lowest BCUT2D eigenvalue weighted by Crippen LogP contribution is -2.10. The summed E-state index contributed by atoms with van der Waals surface area (Å²) >= 11 is 0. The molecule has 0 aromatic heterocycles. The SMILES string of the molecule is C/C(=C\Cc1ccccc1C)NCc1ccc(Cc2ccccc2)cc1. The van der Waals surface area contributed by atoms with E-state index in [1.807, 2.05) is 0 Å². The Labute approximate surface area is 157 Å². The van der Waals surface area contributed by atoms with Gasteiger partial charge in [0, 0.05) is 12.2 Å². The maximum Gasteiger partial charge on any atom is 0.0397 e. The quantitative estimate of drug-likeness (QED) is 0.571. The lowest BCUT2D eigenvalue weighted by atomic mass is 10.0. The van der Waals surface area contributed by atoms with Crippen molar-refractivity contribution in [3.63, 3.8) is 0 Å². The van der Waals surface area contributed by atoms with Gasteiger partial charge in [0.25, 0.3) is 0 Å². The van der Waals surface area contributed by atoms with Crippen LogP contribution >= 0.6 is 0 Å². The number of allylic oxidation sites excluding steroid dienone is 2. The highest BCUT2D eigenvalue weighted by molar-refractivity contribution is 5.30. The minimum Gasteiger partial charge on any atom is -0.385 e. The fourth-order valence-corrected chi connectivity index (χ4v) is 3.02. The number of rotatable bonds is 7. The molecule has 1 N–H and O–H groups in total. The van der Waals surface area contributed by atoms with Crippen LogP contribution in [0.3, 0.4) is 0 Å². The van der Waals surface area contributed by atoms with Crippen LogP contribution in [-0.4, -0.2) is 0 Å². The summed E-state index contributed by atoms with van der Waals surface area (Å²) in [5.41, 5.74) is 7.98. The molecule has 0 atom stereocenters. The number of hydrogen-bond acceptors (Lipinski definition) is 1. The van der Waals surface area contributed by atoms with Crippen LogP contribution in [0, 0.1) is 6.92 Å². The summed E-state index contributed by atoms with van der Waals surface area (Å²) < 4.78 is 0. The lowest BCUT2D eigenvalue weighted by molar-refractivity contribution is 0.805. The van der Waals surface area contributed by atoms with E-state index < -0.39 is 0 Å². The zero-order valence-electron chi connectivity index (χ0n) is 15.7. The van der Waals surface area contributed by atoms with E-state index in [1.165, 1.54) is 33.5 Å². The first-order valence-electron chi connectivity index (χ1n) is 9.27. The Kier molecular flexibility index (Phi) is 6.27. The van der Waals surface area contributed by atoms with Gasteiger partial charge in [0.05, 0.1) is 0 Å². The van der Waals surface area contributed by atoms with Gasteiger partial charge in [0.15, 0.2) is 0 Å². The first-order valence-corrected chi connectivity index (χ1v) is 9.27. The molecule has 3 aromatic carbocycles. The van der Waals surface area contributed by atoms with Gasteiger partial charge in [-0.3, -0.25) is 0 Å². The van der Waals surface area contributed by atoms with Gasteiger partial charge in [0.2, 0.25) is 0 Å². The zero-order valence-corrected chi connectivity index (χ0v) is 15.7. The maximum atomic E-state index is 3.52. The highest BCUT2D eigenvalue weighted by Gasteiger charge is 1.99. The molecule has 0 saturated heterocycles. The number of benzene rings is 3. The fraction of sp³-hybridized carbons (Fsp3) is 0.200. The average Bonchev–Trinajstić information content (AvgIpc) is 2.68. The Balaban J connectivity index is 1.51. The van der Waals surface area contributed by atoms with Crippen LogP contribution in [0.5, 0.6) is 0 Å². The molecule has 0 saturated carbocycles. The molecule has 0 aliphatic carbocycles. The highest BCUT2D eigenvalue weighted by Crippen LogP contribution is 2.12. The Morgan fingerprint density at radius 3 is 2.12 bits per heavy atom. The molecular weight excluding hydrogens is 314 g/mol. The molecular formula is C25H27N. The predicted octanol–water partition coefficient (Wildman–Crippen LogP) is 5.82. The summed E-state index contributed by atoms with van der Waals surface area (Å²) in [6, 6.07) is 28.1. The van der Waals surface area contributed by atoms with E-state index in [1.54, 1.807) is 0 Å². The molecule has 0 radical (unpaired) electrons. The van der Waals surface area contributed by atoms with Gasteiger partial charge in [-0.05, 0) is 54.5 Å². The van der Waals surface area contributed by atoms with Crippen LogP contribution in [0.25, 0.3) is 0 Å². The van der Waals surface area contributed by atoms with E-state index >= 15 is 0 Å². The van der Waals surface area contributed by atoms with Crippen molar-refractivity contribution in [3.05, 3.63) is 118 Å². The summed E-state index contributed by atoms with van der Waals surface area (Å²) in [4.78, 5) is 0. The van der Waals surface area contributed by atoms with E-state index in [4.69, 9.17) is 0 Å². The van der Waals surface area contributed by atoms with Crippen molar-refractivity contribution < 1.29 is 0 Å². The zero-order chi connectivity index (χ0) is 18.2. The Morgan fingerprint density at radius 1 is 0.769 bits per heavy atom. The molecule has 26 heavy (non-hydrogen) atoms. The molecule has 0 heterocycles. The highest BCUT2D eigenvalue weighted by atomic mass is 14.9. The molecule has 0 bridgehead atoms. The normalized spacial score (nSPS) is 11.4. The van der Waals surface area contributed by atoms with E-state index in [-0.39, 0.29) is 0 Å². The van der Waals surface area contributed by atoms with E-state index in [0.717, 1.165) is 19.4 Å². The van der Waals surface area contributed by atoms with Gasteiger partial charge >= 0.3 is 0 Å². The Hall–Kier alpha value is -2.80. The predicted molar refractivity (Wildman–Crippen MR) is 111 cm³/mol. The smallest absolute Gasteiger partial charge is 0.0397 e. The van der Waals surface area contributed by atoms with Crippen LogP contribution in [0.4, 0.5) is 0 Å². The van der Waals surface area contributed by atoms with Crippen LogP contribution in [0.1, 0.15) is 34.7 Å². The molecule has 0 aliphatic heterocycles. The van der Waals surface area contributed by atoms with Crippen molar-refractivity contribution in [1.29, 1.82) is 0 Å². The van der Waals surface area contributed by atoms with Gasteiger partial charge in [-0.25, -0.2) is 0 Å². The van der Waals surface area contributed by atoms with Crippen molar-refractivity contribution in [2.24, 2.45) is 0 Å². The summed E-state index contributed by atoms with van der Waals surface area (Å²) in [7, 11) is 0. The van der Waals surface area contributed by atoms with Crippen LogP contribution in [-0.2, 0) is 19.4 Å². The first-order chi connectivity index (χ1) is 12.7. The number of hydrogen-bond donors (Lipinski definition) is 1. The van der Waals surface area contributed by atoms with Crippen LogP contribution < -0.4 is 5.32 Å². The van der Waals surface area contributed by atoms with E-state index in [0.29, 0.717) is 0 Å². The maximum absolute atomic E-state index is 3.52. The molecule has 1 heteroatoms. The monoisotopic (exact) mass is 341 g/mol. The van der Waals surface area contributed by atoms with Crippen molar-refractivity contribution in [1.82, 2.24) is 5.32 Å². The first kappa shape index (κ1) is 18.0. The van der Waals surface area contributed by atoms with Gasteiger partial charge < -0.3 is 5.32 Å². The minimum atomic E-state index is 0.863. The largest absolute Gasteiger partial charge is 0.385 e. The second-order valence-corrected chi connectivity index (χ2v) is 6.85.